The van der Waals surface area contributed by atoms with Crippen molar-refractivity contribution >= 4 is 29.2 Å². The third kappa shape index (κ3) is 4.60. The number of rotatable bonds is 6. The highest BCUT2D eigenvalue weighted by Crippen LogP contribution is 2.49. The monoisotopic (exact) mass is 552 g/mol. The van der Waals surface area contributed by atoms with E-state index in [9.17, 15) is 18.8 Å². The number of hydrogen-bond acceptors (Lipinski definition) is 7. The van der Waals surface area contributed by atoms with Crippen LogP contribution in [0.3, 0.4) is 0 Å². The van der Waals surface area contributed by atoms with Crippen LogP contribution in [0.5, 0.6) is 11.5 Å². The van der Waals surface area contributed by atoms with E-state index in [-0.39, 0.29) is 23.0 Å². The molecule has 2 saturated heterocycles. The maximum atomic E-state index is 13.9. The Bertz CT molecular complexity index is 1640. The fourth-order valence-electron chi connectivity index (χ4n) is 5.30. The number of nitrogens with zero attached hydrogens (tertiary/aromatic N) is 2. The van der Waals surface area contributed by atoms with Crippen LogP contribution in [-0.4, -0.2) is 31.0 Å². The third-order valence-corrected chi connectivity index (χ3v) is 7.29. The zero-order valence-corrected chi connectivity index (χ0v) is 22.2. The zero-order valence-electron chi connectivity index (χ0n) is 22.2. The van der Waals surface area contributed by atoms with Crippen molar-refractivity contribution in [3.63, 3.8) is 0 Å². The highest BCUT2D eigenvalue weighted by Gasteiger charge is 2.60. The fraction of sp³-hybridized carbons (Fsp3) is 0.156. The van der Waals surface area contributed by atoms with E-state index in [0.29, 0.717) is 16.9 Å². The Labute approximate surface area is 235 Å². The lowest BCUT2D eigenvalue weighted by Gasteiger charge is -2.29. The van der Waals surface area contributed by atoms with Crippen LogP contribution in [0, 0.1) is 18.7 Å². The molecule has 0 aliphatic carbocycles. The highest BCUT2D eigenvalue weighted by molar-refractivity contribution is 6.24. The van der Waals surface area contributed by atoms with Crippen LogP contribution in [0.2, 0.25) is 0 Å². The number of hydrogen-bond donors (Lipinski definition) is 0. The quantitative estimate of drug-likeness (QED) is 0.180. The fourth-order valence-corrected chi connectivity index (χ4v) is 5.30. The number of carbonyl (C=O) groups is 3. The van der Waals surface area contributed by atoms with Gasteiger partial charge in [-0.2, -0.15) is 0 Å². The van der Waals surface area contributed by atoms with Gasteiger partial charge in [0.05, 0.1) is 30.1 Å². The number of anilines is 2. The second-order valence-corrected chi connectivity index (χ2v) is 9.76. The molecule has 3 atom stereocenters. The molecular weight excluding hydrogens is 527 g/mol. The van der Waals surface area contributed by atoms with E-state index in [1.165, 1.54) is 36.3 Å². The lowest BCUT2D eigenvalue weighted by atomic mass is 9.90. The van der Waals surface area contributed by atoms with Crippen LogP contribution in [0.15, 0.2) is 97.1 Å². The Morgan fingerprint density at radius 3 is 2.27 bits per heavy atom. The van der Waals surface area contributed by atoms with Crippen LogP contribution in [0.4, 0.5) is 15.8 Å². The van der Waals surface area contributed by atoms with Crippen molar-refractivity contribution in [3.05, 3.63) is 120 Å². The van der Waals surface area contributed by atoms with Gasteiger partial charge >= 0.3 is 5.97 Å². The van der Waals surface area contributed by atoms with Crippen molar-refractivity contribution in [2.24, 2.45) is 5.92 Å². The van der Waals surface area contributed by atoms with Gasteiger partial charge in [-0.1, -0.05) is 42.5 Å². The van der Waals surface area contributed by atoms with Crippen molar-refractivity contribution in [3.8, 4) is 11.5 Å². The number of esters is 1. The molecule has 6 rings (SSSR count). The molecule has 2 aliphatic rings. The average molecular weight is 553 g/mol. The summed E-state index contributed by atoms with van der Waals surface area (Å²) in [7, 11) is 1.43. The van der Waals surface area contributed by atoms with E-state index in [1.54, 1.807) is 35.4 Å². The largest absolute Gasteiger partial charge is 0.493 e. The predicted molar refractivity (Wildman–Crippen MR) is 148 cm³/mol. The Morgan fingerprint density at radius 1 is 0.854 bits per heavy atom. The van der Waals surface area contributed by atoms with Gasteiger partial charge < -0.3 is 9.47 Å². The number of methoxy groups -OCH3 is 1. The summed E-state index contributed by atoms with van der Waals surface area (Å²) in [6.45, 7) is 1.84. The van der Waals surface area contributed by atoms with Crippen LogP contribution in [0.25, 0.3) is 0 Å². The van der Waals surface area contributed by atoms with Crippen LogP contribution in [-0.2, 0) is 14.4 Å². The number of halogens is 1. The summed E-state index contributed by atoms with van der Waals surface area (Å²) in [5.74, 6) is -2.43. The first-order valence-corrected chi connectivity index (χ1v) is 13.0. The first-order valence-electron chi connectivity index (χ1n) is 13.0. The van der Waals surface area contributed by atoms with Crippen LogP contribution >= 0.6 is 0 Å². The summed E-state index contributed by atoms with van der Waals surface area (Å²) >= 11 is 0. The summed E-state index contributed by atoms with van der Waals surface area (Å²) in [4.78, 5) is 47.6. The molecule has 0 bridgehead atoms. The van der Waals surface area contributed by atoms with E-state index >= 15 is 0 Å². The van der Waals surface area contributed by atoms with Gasteiger partial charge in [-0.3, -0.25) is 14.4 Å². The summed E-state index contributed by atoms with van der Waals surface area (Å²) in [5, 5.41) is 1.58. The molecular formula is C32H25FN2O6. The predicted octanol–water partition coefficient (Wildman–Crippen LogP) is 5.41. The molecule has 2 aliphatic heterocycles. The van der Waals surface area contributed by atoms with Crippen molar-refractivity contribution in [1.82, 2.24) is 0 Å². The molecule has 0 aromatic heterocycles. The molecule has 0 saturated carbocycles. The van der Waals surface area contributed by atoms with E-state index in [2.05, 4.69) is 0 Å². The molecule has 2 amide bonds. The van der Waals surface area contributed by atoms with Crippen molar-refractivity contribution < 1.29 is 33.1 Å². The first kappa shape index (κ1) is 26.2. The lowest BCUT2D eigenvalue weighted by molar-refractivity contribution is -0.126. The van der Waals surface area contributed by atoms with Crippen molar-refractivity contribution in [2.45, 2.75) is 19.1 Å². The third-order valence-electron chi connectivity index (χ3n) is 7.29. The Balaban J connectivity index is 1.38. The van der Waals surface area contributed by atoms with Gasteiger partial charge in [0.15, 0.2) is 17.6 Å². The summed E-state index contributed by atoms with van der Waals surface area (Å²) in [5.41, 5.74) is 2.77. The number of aryl methyl sites for hydroxylation is 1. The molecule has 0 radical (unpaired) electrons. The highest BCUT2D eigenvalue weighted by atomic mass is 19.1. The number of hydroxylamine groups is 1. The number of fused-ring (bicyclic) bond motifs is 1. The molecule has 0 unspecified atom stereocenters. The number of para-hydroxylation sites is 2. The Kier molecular flexibility index (Phi) is 6.72. The van der Waals surface area contributed by atoms with E-state index in [4.69, 9.17) is 14.3 Å². The zero-order chi connectivity index (χ0) is 28.7. The Hall–Kier alpha value is -5.02. The average Bonchev–Trinajstić information content (AvgIpc) is 3.50. The number of ether oxygens (including phenoxy) is 2. The van der Waals surface area contributed by atoms with Gasteiger partial charge in [0.25, 0.3) is 5.91 Å². The van der Waals surface area contributed by atoms with Gasteiger partial charge in [-0.25, -0.2) is 19.1 Å². The number of carbonyl (C=O) groups excluding carboxylic acids is 3. The number of imide groups is 1. The van der Waals surface area contributed by atoms with Crippen molar-refractivity contribution in [2.75, 3.05) is 17.1 Å². The summed E-state index contributed by atoms with van der Waals surface area (Å²) in [6, 6.07) is 25.6. The minimum Gasteiger partial charge on any atom is -0.493 e. The normalized spacial score (nSPS) is 19.8. The molecule has 2 fully saturated rings. The molecule has 0 spiro atoms. The number of benzene rings is 4. The second-order valence-electron chi connectivity index (χ2n) is 9.76. The maximum Gasteiger partial charge on any atom is 0.343 e. The molecule has 4 aromatic rings. The Morgan fingerprint density at radius 2 is 1.56 bits per heavy atom. The smallest absolute Gasteiger partial charge is 0.343 e. The van der Waals surface area contributed by atoms with Gasteiger partial charge in [-0.15, -0.1) is 0 Å². The van der Waals surface area contributed by atoms with Crippen LogP contribution in [0.1, 0.15) is 27.5 Å². The van der Waals surface area contributed by atoms with Gasteiger partial charge in [0.1, 0.15) is 11.7 Å². The second kappa shape index (κ2) is 10.5. The van der Waals surface area contributed by atoms with Crippen LogP contribution < -0.4 is 19.4 Å². The van der Waals surface area contributed by atoms with Gasteiger partial charge in [0.2, 0.25) is 5.91 Å². The minimum absolute atomic E-state index is 0.141. The van der Waals surface area contributed by atoms with E-state index < -0.39 is 35.8 Å². The molecule has 9 heteroatoms. The summed E-state index contributed by atoms with van der Waals surface area (Å²) < 4.78 is 24.4. The molecule has 41 heavy (non-hydrogen) atoms. The molecule has 0 N–H and O–H groups in total. The van der Waals surface area contributed by atoms with Gasteiger partial charge in [0, 0.05) is 0 Å². The molecule has 4 aromatic carbocycles. The first-order chi connectivity index (χ1) is 19.9. The molecule has 206 valence electrons. The topological polar surface area (TPSA) is 85.4 Å². The molecule has 8 nitrogen and oxygen atoms in total. The van der Waals surface area contributed by atoms with Crippen molar-refractivity contribution in [1.29, 1.82) is 0 Å². The number of amides is 2. The van der Waals surface area contributed by atoms with E-state index in [0.717, 1.165) is 5.56 Å². The SMILES string of the molecule is COc1cc([C@H]2[C@H]3C(=O)N(c4ccccc4C)C(=O)[C@H]3ON2c2ccccc2)ccc1OC(=O)c1ccc(F)cc1. The standard InChI is InChI=1S/C32H25FN2O6/c1-19-8-6-7-11-24(19)34-30(36)27-28(35(41-29(27)31(34)37)23-9-4-3-5-10-23)21-14-17-25(26(18-21)39-2)40-32(38)20-12-15-22(33)16-13-20/h3-18,27-29H,1-2H3/t27-,28+,29+/m1/s1. The molecule has 2 heterocycles. The summed E-state index contributed by atoms with van der Waals surface area (Å²) in [6.07, 6.45) is -1.03. The maximum absolute atomic E-state index is 13.9. The minimum atomic E-state index is -1.03. The van der Waals surface area contributed by atoms with Gasteiger partial charge in [-0.05, 0) is 72.6 Å². The lowest BCUT2D eigenvalue weighted by Crippen LogP contribution is -2.37. The van der Waals surface area contributed by atoms with E-state index in [1.807, 2.05) is 49.4 Å².